The van der Waals surface area contributed by atoms with Crippen LogP contribution in [0.1, 0.15) is 29.3 Å². The van der Waals surface area contributed by atoms with Crippen LogP contribution < -0.4 is 10.6 Å². The van der Waals surface area contributed by atoms with Gasteiger partial charge in [0, 0.05) is 41.2 Å². The number of halogens is 3. The van der Waals surface area contributed by atoms with Gasteiger partial charge in [-0.15, -0.1) is 0 Å². The first-order valence-electron chi connectivity index (χ1n) is 11.2. The van der Waals surface area contributed by atoms with Gasteiger partial charge in [0.1, 0.15) is 24.6 Å². The molecule has 0 spiro atoms. The van der Waals surface area contributed by atoms with Crippen molar-refractivity contribution in [1.29, 1.82) is 0 Å². The normalized spacial score (nSPS) is 17.8. The highest BCUT2D eigenvalue weighted by molar-refractivity contribution is 7.60. The number of carbonyl (C=O) groups excluding carboxylic acids is 3. The third kappa shape index (κ3) is 5.60. The maximum atomic E-state index is 14.4. The number of Topliss-reactive ketones (excluding diaryl/α,β-unsaturated/α-hetero) is 1. The number of hydrogen-bond acceptors (Lipinski definition) is 4. The Hall–Kier alpha value is -3.11. The van der Waals surface area contributed by atoms with Gasteiger partial charge in [-0.25, -0.2) is 8.78 Å². The van der Waals surface area contributed by atoms with Gasteiger partial charge >= 0.3 is 7.60 Å². The van der Waals surface area contributed by atoms with Crippen molar-refractivity contribution in [2.24, 2.45) is 0 Å². The van der Waals surface area contributed by atoms with E-state index in [0.29, 0.717) is 16.5 Å². The minimum atomic E-state index is -4.74. The summed E-state index contributed by atoms with van der Waals surface area (Å²) in [6, 6.07) is 7.53. The molecule has 1 aliphatic rings. The van der Waals surface area contributed by atoms with Gasteiger partial charge in [-0.3, -0.25) is 18.9 Å². The molecule has 37 heavy (non-hydrogen) atoms. The molecule has 1 fully saturated rings. The highest BCUT2D eigenvalue weighted by Gasteiger charge is 2.40. The second-order valence-electron chi connectivity index (χ2n) is 8.80. The number of carbonyl (C=O) groups is 3. The lowest BCUT2D eigenvalue weighted by atomic mass is 10.1. The van der Waals surface area contributed by atoms with Gasteiger partial charge in [-0.1, -0.05) is 29.8 Å². The summed E-state index contributed by atoms with van der Waals surface area (Å²) in [6.07, 6.45) is -0.184. The number of fused-ring (bicyclic) bond motifs is 1. The molecule has 196 valence electrons. The number of nitrogens with one attached hydrogen (secondary N) is 1. The zero-order valence-electron chi connectivity index (χ0n) is 19.5. The molecule has 0 saturated carbocycles. The Labute approximate surface area is 215 Å². The van der Waals surface area contributed by atoms with Crippen molar-refractivity contribution < 1.29 is 37.5 Å². The van der Waals surface area contributed by atoms with Crippen molar-refractivity contribution in [2.75, 3.05) is 6.54 Å². The molecule has 2 atom stereocenters. The average Bonchev–Trinajstić information content (AvgIpc) is 3.40. The standard InChI is InChI=1S/C24H23ClF2N3O6P/c1-13(31)18-11-29(20-5-3-2-4-17(18)20)12-22(32)30-10-15(26)7-21(30)24(33)28-9-14-6-16(37(34,35)36)8-19(25)23(14)27/h2-6,8,11,15,21H,7,9-10,12H2,1H3,(H,28,33)(H2,34,35,36). The van der Waals surface area contributed by atoms with E-state index in [-0.39, 0.29) is 30.9 Å². The monoisotopic (exact) mass is 553 g/mol. The van der Waals surface area contributed by atoms with E-state index in [1.54, 1.807) is 35.0 Å². The fourth-order valence-electron chi connectivity index (χ4n) is 4.43. The van der Waals surface area contributed by atoms with E-state index in [1.807, 2.05) is 0 Å². The van der Waals surface area contributed by atoms with Crippen LogP contribution in [0, 0.1) is 5.82 Å². The SMILES string of the molecule is CC(=O)c1cn(CC(=O)N2CC(F)CC2C(=O)NCc2cc(P(=O)(O)O)cc(Cl)c2F)c2ccccc12. The predicted octanol–water partition coefficient (Wildman–Crippen LogP) is 2.69. The molecule has 1 aromatic heterocycles. The maximum absolute atomic E-state index is 14.4. The van der Waals surface area contributed by atoms with Crippen LogP contribution in [-0.2, 0) is 27.2 Å². The van der Waals surface area contributed by atoms with E-state index in [4.69, 9.17) is 11.6 Å². The van der Waals surface area contributed by atoms with Crippen LogP contribution in [0.4, 0.5) is 8.78 Å². The van der Waals surface area contributed by atoms with Gasteiger partial charge in [-0.05, 0) is 25.1 Å². The Morgan fingerprint density at radius 3 is 2.59 bits per heavy atom. The molecule has 13 heteroatoms. The molecule has 4 rings (SSSR count). The molecule has 0 bridgehead atoms. The van der Waals surface area contributed by atoms with E-state index in [1.165, 1.54) is 6.92 Å². The van der Waals surface area contributed by atoms with E-state index in [9.17, 15) is 37.5 Å². The lowest BCUT2D eigenvalue weighted by Crippen LogP contribution is -2.46. The number of benzene rings is 2. The van der Waals surface area contributed by atoms with E-state index < -0.39 is 54.3 Å². The number of aromatic nitrogens is 1. The van der Waals surface area contributed by atoms with Crippen molar-refractivity contribution >= 4 is 53.0 Å². The number of nitrogens with zero attached hydrogens (tertiary/aromatic N) is 2. The molecular formula is C24H23ClF2N3O6P. The summed E-state index contributed by atoms with van der Waals surface area (Å²) in [5, 5.41) is 2.02. The second kappa shape index (κ2) is 10.3. The summed E-state index contributed by atoms with van der Waals surface area (Å²) in [5.41, 5.74) is 0.790. The average molecular weight is 554 g/mol. The Bertz CT molecular complexity index is 1460. The van der Waals surface area contributed by atoms with Crippen molar-refractivity contribution in [3.05, 3.63) is 64.6 Å². The fourth-order valence-corrected chi connectivity index (χ4v) is 5.37. The van der Waals surface area contributed by atoms with Crippen LogP contribution in [0.15, 0.2) is 42.6 Å². The molecule has 9 nitrogen and oxygen atoms in total. The number of rotatable bonds is 7. The topological polar surface area (TPSA) is 129 Å². The summed E-state index contributed by atoms with van der Waals surface area (Å²) in [7, 11) is -4.74. The van der Waals surface area contributed by atoms with Gasteiger partial charge < -0.3 is 24.6 Å². The first-order chi connectivity index (χ1) is 17.4. The number of para-hydroxylation sites is 1. The number of hydrogen-bond donors (Lipinski definition) is 3. The zero-order valence-corrected chi connectivity index (χ0v) is 21.2. The van der Waals surface area contributed by atoms with Crippen molar-refractivity contribution in [3.63, 3.8) is 0 Å². The second-order valence-corrected chi connectivity index (χ2v) is 10.8. The Balaban J connectivity index is 1.51. The predicted molar refractivity (Wildman–Crippen MR) is 132 cm³/mol. The number of ketones is 1. The van der Waals surface area contributed by atoms with E-state index in [0.717, 1.165) is 17.0 Å². The number of alkyl halides is 1. The van der Waals surface area contributed by atoms with Crippen molar-refractivity contribution in [1.82, 2.24) is 14.8 Å². The van der Waals surface area contributed by atoms with Crippen LogP contribution in [0.3, 0.4) is 0 Å². The van der Waals surface area contributed by atoms with E-state index >= 15 is 0 Å². The fraction of sp³-hybridized carbons (Fsp3) is 0.292. The Kier molecular flexibility index (Phi) is 7.52. The Morgan fingerprint density at radius 1 is 1.22 bits per heavy atom. The molecule has 2 aromatic carbocycles. The maximum Gasteiger partial charge on any atom is 0.356 e. The van der Waals surface area contributed by atoms with Crippen LogP contribution in [-0.4, -0.2) is 55.6 Å². The van der Waals surface area contributed by atoms with Gasteiger partial charge in [0.2, 0.25) is 11.8 Å². The Morgan fingerprint density at radius 2 is 1.92 bits per heavy atom. The third-order valence-electron chi connectivity index (χ3n) is 6.22. The van der Waals surface area contributed by atoms with E-state index in [2.05, 4.69) is 5.32 Å². The molecule has 3 aromatic rings. The minimum absolute atomic E-state index is 0.181. The summed E-state index contributed by atoms with van der Waals surface area (Å²) in [6.45, 7) is 0.369. The summed E-state index contributed by atoms with van der Waals surface area (Å²) in [5.74, 6) is -2.45. The molecule has 0 radical (unpaired) electrons. The molecule has 3 N–H and O–H groups in total. The van der Waals surface area contributed by atoms with Crippen LogP contribution in [0.25, 0.3) is 10.9 Å². The first-order valence-corrected chi connectivity index (χ1v) is 13.2. The highest BCUT2D eigenvalue weighted by Crippen LogP contribution is 2.35. The molecule has 1 aliphatic heterocycles. The summed E-state index contributed by atoms with van der Waals surface area (Å²) in [4.78, 5) is 57.9. The first kappa shape index (κ1) is 26.9. The van der Waals surface area contributed by atoms with Gasteiger partial charge in [0.25, 0.3) is 0 Å². The van der Waals surface area contributed by atoms with Crippen molar-refractivity contribution in [2.45, 2.75) is 38.6 Å². The molecule has 2 unspecified atom stereocenters. The molecule has 2 heterocycles. The molecule has 0 aliphatic carbocycles. The van der Waals surface area contributed by atoms with Crippen molar-refractivity contribution in [3.8, 4) is 0 Å². The van der Waals surface area contributed by atoms with Crippen LogP contribution in [0.2, 0.25) is 5.02 Å². The quantitative estimate of drug-likeness (QED) is 0.305. The van der Waals surface area contributed by atoms with Gasteiger partial charge in [0.05, 0.1) is 16.9 Å². The zero-order chi connectivity index (χ0) is 27.1. The number of amides is 2. The minimum Gasteiger partial charge on any atom is -0.350 e. The lowest BCUT2D eigenvalue weighted by Gasteiger charge is -2.24. The lowest BCUT2D eigenvalue weighted by molar-refractivity contribution is -0.139. The largest absolute Gasteiger partial charge is 0.356 e. The smallest absolute Gasteiger partial charge is 0.350 e. The van der Waals surface area contributed by atoms with Crippen LogP contribution in [0.5, 0.6) is 0 Å². The summed E-state index contributed by atoms with van der Waals surface area (Å²) >= 11 is 5.73. The number of likely N-dealkylation sites (tertiary alicyclic amines) is 1. The molecule has 1 saturated heterocycles. The van der Waals surface area contributed by atoms with Gasteiger partial charge in [0.15, 0.2) is 5.78 Å². The molecular weight excluding hydrogens is 531 g/mol. The molecule has 2 amide bonds. The highest BCUT2D eigenvalue weighted by atomic mass is 35.5. The third-order valence-corrected chi connectivity index (χ3v) is 7.43. The summed E-state index contributed by atoms with van der Waals surface area (Å²) < 4.78 is 41.8. The van der Waals surface area contributed by atoms with Crippen LogP contribution >= 0.6 is 19.2 Å². The van der Waals surface area contributed by atoms with Gasteiger partial charge in [-0.2, -0.15) is 0 Å².